The summed E-state index contributed by atoms with van der Waals surface area (Å²) in [5, 5.41) is -1.43. The summed E-state index contributed by atoms with van der Waals surface area (Å²) in [4.78, 5) is 25.4. The van der Waals surface area contributed by atoms with Gasteiger partial charge in [-0.25, -0.2) is 12.7 Å². The molecule has 0 aromatic heterocycles. The Morgan fingerprint density at radius 2 is 1.58 bits per heavy atom. The molecule has 1 heterocycles. The van der Waals surface area contributed by atoms with E-state index < -0.39 is 32.9 Å². The van der Waals surface area contributed by atoms with Crippen molar-refractivity contribution in [3.8, 4) is 0 Å². The standard InChI is InChI=1S/C18H17NO4S/c1-12-8-10-13(11-9-12)15-17(24(22,23)19(2)18(15)21)16(20)14-6-4-3-5-7-14/h3-11,15,17H,1-2H3/t15-,17+/m1/s1. The molecule has 5 nitrogen and oxygen atoms in total. The van der Waals surface area contributed by atoms with Gasteiger partial charge in [0.25, 0.3) is 0 Å². The zero-order valence-electron chi connectivity index (χ0n) is 13.3. The van der Waals surface area contributed by atoms with E-state index in [2.05, 4.69) is 0 Å². The number of sulfonamides is 1. The first-order valence-electron chi connectivity index (χ1n) is 7.51. The second kappa shape index (κ2) is 5.87. The summed E-state index contributed by atoms with van der Waals surface area (Å²) in [5.41, 5.74) is 1.81. The fourth-order valence-electron chi connectivity index (χ4n) is 2.94. The van der Waals surface area contributed by atoms with Gasteiger partial charge in [0.15, 0.2) is 11.0 Å². The van der Waals surface area contributed by atoms with Crippen molar-refractivity contribution in [2.24, 2.45) is 0 Å². The minimum Gasteiger partial charge on any atom is -0.293 e. The highest BCUT2D eigenvalue weighted by Crippen LogP contribution is 2.37. The van der Waals surface area contributed by atoms with Crippen LogP contribution in [0.3, 0.4) is 0 Å². The van der Waals surface area contributed by atoms with Crippen LogP contribution in [0.2, 0.25) is 0 Å². The quantitative estimate of drug-likeness (QED) is 0.801. The van der Waals surface area contributed by atoms with Gasteiger partial charge in [-0.3, -0.25) is 9.59 Å². The molecule has 24 heavy (non-hydrogen) atoms. The molecule has 0 unspecified atom stereocenters. The molecule has 1 aliphatic rings. The Hall–Kier alpha value is -2.47. The summed E-state index contributed by atoms with van der Waals surface area (Å²) in [6.07, 6.45) is 0. The van der Waals surface area contributed by atoms with Crippen LogP contribution >= 0.6 is 0 Å². The van der Waals surface area contributed by atoms with E-state index >= 15 is 0 Å². The molecular formula is C18H17NO4S. The Kier molecular flexibility index (Phi) is 4.01. The van der Waals surface area contributed by atoms with E-state index in [1.807, 2.05) is 6.92 Å². The molecule has 0 saturated carbocycles. The maximum Gasteiger partial charge on any atom is 0.248 e. The number of hydrogen-bond donors (Lipinski definition) is 0. The van der Waals surface area contributed by atoms with Crippen molar-refractivity contribution in [1.82, 2.24) is 4.31 Å². The minimum absolute atomic E-state index is 0.284. The topological polar surface area (TPSA) is 71.5 Å². The highest BCUT2D eigenvalue weighted by molar-refractivity contribution is 7.91. The van der Waals surface area contributed by atoms with Gasteiger partial charge >= 0.3 is 0 Å². The summed E-state index contributed by atoms with van der Waals surface area (Å²) in [6.45, 7) is 1.90. The van der Waals surface area contributed by atoms with Gasteiger partial charge in [-0.15, -0.1) is 0 Å². The van der Waals surface area contributed by atoms with Crippen molar-refractivity contribution in [2.45, 2.75) is 18.1 Å². The van der Waals surface area contributed by atoms with Gasteiger partial charge < -0.3 is 0 Å². The lowest BCUT2D eigenvalue weighted by atomic mass is 9.90. The summed E-state index contributed by atoms with van der Waals surface area (Å²) >= 11 is 0. The van der Waals surface area contributed by atoms with Gasteiger partial charge in [0.2, 0.25) is 15.9 Å². The monoisotopic (exact) mass is 343 g/mol. The molecule has 1 amide bonds. The number of aryl methyl sites for hydroxylation is 1. The molecule has 0 bridgehead atoms. The molecule has 1 aliphatic heterocycles. The van der Waals surface area contributed by atoms with Gasteiger partial charge in [-0.05, 0) is 12.5 Å². The van der Waals surface area contributed by atoms with Crippen LogP contribution in [0, 0.1) is 6.92 Å². The Balaban J connectivity index is 2.13. The molecule has 0 N–H and O–H groups in total. The third kappa shape index (κ3) is 2.53. The number of amides is 1. The Morgan fingerprint density at radius 1 is 1.00 bits per heavy atom. The molecule has 6 heteroatoms. The van der Waals surface area contributed by atoms with E-state index in [1.54, 1.807) is 54.6 Å². The highest BCUT2D eigenvalue weighted by atomic mass is 32.2. The summed E-state index contributed by atoms with van der Waals surface area (Å²) < 4.78 is 26.0. The van der Waals surface area contributed by atoms with Gasteiger partial charge in [0.05, 0.1) is 5.92 Å². The van der Waals surface area contributed by atoms with Crippen LogP contribution in [0.5, 0.6) is 0 Å². The van der Waals surface area contributed by atoms with E-state index in [4.69, 9.17) is 0 Å². The Morgan fingerprint density at radius 3 is 2.17 bits per heavy atom. The van der Waals surface area contributed by atoms with Crippen LogP contribution in [0.4, 0.5) is 0 Å². The average molecular weight is 343 g/mol. The van der Waals surface area contributed by atoms with E-state index in [9.17, 15) is 18.0 Å². The number of ketones is 1. The van der Waals surface area contributed by atoms with E-state index in [-0.39, 0.29) is 5.56 Å². The van der Waals surface area contributed by atoms with Gasteiger partial charge in [-0.1, -0.05) is 60.2 Å². The number of benzene rings is 2. The smallest absolute Gasteiger partial charge is 0.248 e. The largest absolute Gasteiger partial charge is 0.293 e. The maximum absolute atomic E-state index is 12.8. The van der Waals surface area contributed by atoms with Crippen molar-refractivity contribution in [1.29, 1.82) is 0 Å². The second-order valence-electron chi connectivity index (χ2n) is 5.89. The molecule has 0 aliphatic carbocycles. The lowest BCUT2D eigenvalue weighted by Gasteiger charge is -2.15. The second-order valence-corrected chi connectivity index (χ2v) is 7.98. The van der Waals surface area contributed by atoms with E-state index in [0.717, 1.165) is 5.56 Å². The highest BCUT2D eigenvalue weighted by Gasteiger charge is 2.55. The molecule has 2 aromatic carbocycles. The van der Waals surface area contributed by atoms with Crippen molar-refractivity contribution in [3.63, 3.8) is 0 Å². The average Bonchev–Trinajstić information content (AvgIpc) is 2.76. The van der Waals surface area contributed by atoms with Gasteiger partial charge in [0.1, 0.15) is 0 Å². The van der Waals surface area contributed by atoms with Crippen molar-refractivity contribution >= 4 is 21.7 Å². The predicted molar refractivity (Wildman–Crippen MR) is 90.2 cm³/mol. The fraction of sp³-hybridized carbons (Fsp3) is 0.222. The first-order valence-corrected chi connectivity index (χ1v) is 9.02. The van der Waals surface area contributed by atoms with E-state index in [0.29, 0.717) is 9.87 Å². The molecule has 1 fully saturated rings. The van der Waals surface area contributed by atoms with E-state index in [1.165, 1.54) is 7.05 Å². The fourth-order valence-corrected chi connectivity index (χ4v) is 4.67. The lowest BCUT2D eigenvalue weighted by molar-refractivity contribution is -0.125. The number of nitrogens with zero attached hydrogens (tertiary/aromatic N) is 1. The number of carbonyl (C=O) groups excluding carboxylic acids is 2. The van der Waals surface area contributed by atoms with Gasteiger partial charge in [-0.2, -0.15) is 0 Å². The first-order chi connectivity index (χ1) is 11.3. The molecule has 3 rings (SSSR count). The van der Waals surface area contributed by atoms with Crippen LogP contribution in [-0.2, 0) is 14.8 Å². The molecule has 0 spiro atoms. The summed E-state index contributed by atoms with van der Waals surface area (Å²) in [7, 11) is -2.83. The molecule has 0 radical (unpaired) electrons. The minimum atomic E-state index is -4.04. The molecular weight excluding hydrogens is 326 g/mol. The number of rotatable bonds is 3. The van der Waals surface area contributed by atoms with Crippen LogP contribution in [0.1, 0.15) is 27.4 Å². The number of likely N-dealkylation sites (N-methyl/N-ethyl adjacent to an activating group) is 1. The predicted octanol–water partition coefficient (Wildman–Crippen LogP) is 2.13. The Labute approximate surface area is 141 Å². The van der Waals surface area contributed by atoms with Crippen LogP contribution < -0.4 is 0 Å². The van der Waals surface area contributed by atoms with Gasteiger partial charge in [0, 0.05) is 12.6 Å². The SMILES string of the molecule is Cc1ccc([C@H]2C(=O)N(C)S(=O)(=O)[C@@H]2C(=O)c2ccccc2)cc1. The Bertz CT molecular complexity index is 888. The van der Waals surface area contributed by atoms with Crippen LogP contribution in [0.15, 0.2) is 54.6 Å². The third-order valence-electron chi connectivity index (χ3n) is 4.33. The van der Waals surface area contributed by atoms with Crippen molar-refractivity contribution < 1.29 is 18.0 Å². The van der Waals surface area contributed by atoms with Crippen molar-refractivity contribution in [2.75, 3.05) is 7.05 Å². The number of carbonyl (C=O) groups is 2. The third-order valence-corrected chi connectivity index (χ3v) is 6.41. The normalized spacial score (nSPS) is 22.6. The number of hydrogen-bond acceptors (Lipinski definition) is 4. The molecule has 1 saturated heterocycles. The lowest BCUT2D eigenvalue weighted by Crippen LogP contribution is -2.33. The summed E-state index contributed by atoms with van der Waals surface area (Å²) in [5.74, 6) is -2.15. The van der Waals surface area contributed by atoms with Crippen LogP contribution in [-0.4, -0.2) is 36.7 Å². The molecule has 124 valence electrons. The summed E-state index contributed by atoms with van der Waals surface area (Å²) in [6, 6.07) is 15.2. The van der Waals surface area contributed by atoms with Crippen molar-refractivity contribution in [3.05, 3.63) is 71.3 Å². The molecule has 2 aromatic rings. The number of Topliss-reactive ketones (excluding diaryl/α,β-unsaturated/α-hetero) is 1. The molecule has 2 atom stereocenters. The van der Waals surface area contributed by atoms with Crippen LogP contribution in [0.25, 0.3) is 0 Å². The maximum atomic E-state index is 12.8. The first kappa shape index (κ1) is 16.4. The zero-order chi connectivity index (χ0) is 17.5. The zero-order valence-corrected chi connectivity index (χ0v) is 14.2.